The van der Waals surface area contributed by atoms with E-state index in [4.69, 9.17) is 16.3 Å². The molecule has 1 aliphatic heterocycles. The molecule has 1 saturated heterocycles. The van der Waals surface area contributed by atoms with Crippen LogP contribution in [0.5, 0.6) is 5.75 Å². The molecule has 5 heteroatoms. The maximum Gasteiger partial charge on any atom is 0.415 e. The Labute approximate surface area is 104 Å². The summed E-state index contributed by atoms with van der Waals surface area (Å²) in [6.07, 6.45) is -0.125. The molecule has 0 aliphatic carbocycles. The van der Waals surface area contributed by atoms with Crippen LogP contribution in [-0.2, 0) is 4.79 Å². The van der Waals surface area contributed by atoms with E-state index < -0.39 is 6.09 Å². The summed E-state index contributed by atoms with van der Waals surface area (Å²) < 4.78 is 5.16. The summed E-state index contributed by atoms with van der Waals surface area (Å²) >= 11 is 5.91. The Bertz CT molecular complexity index is 473. The highest BCUT2D eigenvalue weighted by Gasteiger charge is 2.25. The number of amides is 1. The van der Waals surface area contributed by atoms with Crippen LogP contribution in [-0.4, -0.2) is 29.9 Å². The Balaban J connectivity index is 2.07. The van der Waals surface area contributed by atoms with Gasteiger partial charge in [-0.15, -0.1) is 0 Å². The molecule has 4 nitrogen and oxygen atoms in total. The van der Waals surface area contributed by atoms with E-state index >= 15 is 0 Å². The third-order valence-electron chi connectivity index (χ3n) is 2.57. The van der Waals surface area contributed by atoms with E-state index in [9.17, 15) is 9.59 Å². The van der Waals surface area contributed by atoms with E-state index in [2.05, 4.69) is 0 Å². The molecule has 0 spiro atoms. The molecule has 0 unspecified atom stereocenters. The quantitative estimate of drug-likeness (QED) is 0.772. The molecule has 0 atom stereocenters. The number of aryl methyl sites for hydroxylation is 1. The minimum atomic E-state index is -0.525. The summed E-state index contributed by atoms with van der Waals surface area (Å²) in [6.45, 7) is 2.43. The van der Waals surface area contributed by atoms with Crippen LogP contribution in [0.2, 0.25) is 5.02 Å². The first-order valence-electron chi connectivity index (χ1n) is 5.31. The van der Waals surface area contributed by atoms with Crippen LogP contribution >= 0.6 is 11.6 Å². The Morgan fingerprint density at radius 3 is 2.88 bits per heavy atom. The number of hydrogen-bond donors (Lipinski definition) is 0. The van der Waals surface area contributed by atoms with Crippen molar-refractivity contribution < 1.29 is 14.3 Å². The van der Waals surface area contributed by atoms with Gasteiger partial charge >= 0.3 is 6.09 Å². The van der Waals surface area contributed by atoms with Crippen LogP contribution in [0.3, 0.4) is 0 Å². The zero-order chi connectivity index (χ0) is 12.4. The summed E-state index contributed by atoms with van der Waals surface area (Å²) in [5.41, 5.74) is 0.953. The van der Waals surface area contributed by atoms with Crippen LogP contribution in [0.15, 0.2) is 18.2 Å². The number of carbonyl (C=O) groups is 2. The number of carbonyl (C=O) groups excluding carboxylic acids is 2. The first-order chi connectivity index (χ1) is 8.06. The number of nitrogens with zero attached hydrogens (tertiary/aromatic N) is 1. The number of likely N-dealkylation sites (tertiary alicyclic amines) is 1. The van der Waals surface area contributed by atoms with Crippen molar-refractivity contribution in [2.24, 2.45) is 0 Å². The average molecular weight is 254 g/mol. The van der Waals surface area contributed by atoms with Crippen molar-refractivity contribution in [3.63, 3.8) is 0 Å². The fraction of sp³-hybridized carbons (Fsp3) is 0.333. The van der Waals surface area contributed by atoms with Crippen molar-refractivity contribution >= 4 is 23.5 Å². The van der Waals surface area contributed by atoms with Gasteiger partial charge in [-0.3, -0.25) is 4.79 Å². The standard InChI is InChI=1S/C12H12ClNO3/c1-8-2-3-10(13)11(6-8)17-12(16)14-5-4-9(15)7-14/h2-3,6H,4-5,7H2,1H3. The van der Waals surface area contributed by atoms with E-state index in [0.717, 1.165) is 5.56 Å². The van der Waals surface area contributed by atoms with Gasteiger partial charge in [0.1, 0.15) is 0 Å². The lowest BCUT2D eigenvalue weighted by Gasteiger charge is -2.14. The van der Waals surface area contributed by atoms with E-state index in [-0.39, 0.29) is 12.3 Å². The fourth-order valence-corrected chi connectivity index (χ4v) is 1.79. The number of halogens is 1. The van der Waals surface area contributed by atoms with Crippen LogP contribution < -0.4 is 4.74 Å². The molecule has 1 aromatic rings. The van der Waals surface area contributed by atoms with Gasteiger partial charge in [0.25, 0.3) is 0 Å². The molecule has 0 aromatic heterocycles. The van der Waals surface area contributed by atoms with Gasteiger partial charge in [0.15, 0.2) is 11.5 Å². The smallest absolute Gasteiger partial charge is 0.409 e. The second-order valence-electron chi connectivity index (χ2n) is 4.01. The number of rotatable bonds is 1. The lowest BCUT2D eigenvalue weighted by Crippen LogP contribution is -2.31. The normalized spacial score (nSPS) is 15.2. The second-order valence-corrected chi connectivity index (χ2v) is 4.42. The lowest BCUT2D eigenvalue weighted by atomic mass is 10.2. The molecule has 0 saturated carbocycles. The molecule has 1 aliphatic rings. The van der Waals surface area contributed by atoms with Crippen molar-refractivity contribution in [1.29, 1.82) is 0 Å². The number of ether oxygens (including phenoxy) is 1. The molecular weight excluding hydrogens is 242 g/mol. The predicted octanol–water partition coefficient (Wildman–Crippen LogP) is 2.42. The lowest BCUT2D eigenvalue weighted by molar-refractivity contribution is -0.116. The maximum absolute atomic E-state index is 11.7. The molecule has 17 heavy (non-hydrogen) atoms. The first kappa shape index (κ1) is 11.9. The molecule has 1 fully saturated rings. The highest BCUT2D eigenvalue weighted by atomic mass is 35.5. The summed E-state index contributed by atoms with van der Waals surface area (Å²) in [5.74, 6) is 0.383. The summed E-state index contributed by atoms with van der Waals surface area (Å²) in [7, 11) is 0. The third-order valence-corrected chi connectivity index (χ3v) is 2.88. The van der Waals surface area contributed by atoms with Gasteiger partial charge in [-0.05, 0) is 24.6 Å². The summed E-state index contributed by atoms with van der Waals surface area (Å²) in [6, 6.07) is 5.20. The van der Waals surface area contributed by atoms with E-state index in [1.54, 1.807) is 12.1 Å². The minimum absolute atomic E-state index is 0.0530. The summed E-state index contributed by atoms with van der Waals surface area (Å²) in [5, 5.41) is 0.384. The van der Waals surface area contributed by atoms with Crippen molar-refractivity contribution in [3.8, 4) is 5.75 Å². The minimum Gasteiger partial charge on any atom is -0.409 e. The molecule has 0 bridgehead atoms. The first-order valence-corrected chi connectivity index (χ1v) is 5.68. The van der Waals surface area contributed by atoms with Gasteiger partial charge in [-0.1, -0.05) is 17.7 Å². The fourth-order valence-electron chi connectivity index (χ4n) is 1.63. The topological polar surface area (TPSA) is 46.6 Å². The predicted molar refractivity (Wildman–Crippen MR) is 63.4 cm³/mol. The zero-order valence-electron chi connectivity index (χ0n) is 9.40. The Morgan fingerprint density at radius 1 is 1.47 bits per heavy atom. The van der Waals surface area contributed by atoms with Crippen LogP contribution in [0.1, 0.15) is 12.0 Å². The van der Waals surface area contributed by atoms with Gasteiger partial charge in [0.05, 0.1) is 11.6 Å². The number of benzene rings is 1. The molecule has 0 radical (unpaired) electrons. The highest BCUT2D eigenvalue weighted by molar-refractivity contribution is 6.32. The Hall–Kier alpha value is -1.55. The third kappa shape index (κ3) is 2.77. The van der Waals surface area contributed by atoms with Crippen molar-refractivity contribution in [2.75, 3.05) is 13.1 Å². The van der Waals surface area contributed by atoms with E-state index in [1.807, 2.05) is 13.0 Å². The van der Waals surface area contributed by atoms with Gasteiger partial charge in [0.2, 0.25) is 0 Å². The van der Waals surface area contributed by atoms with Gasteiger partial charge in [-0.2, -0.15) is 0 Å². The molecular formula is C12H12ClNO3. The maximum atomic E-state index is 11.7. The van der Waals surface area contributed by atoms with Gasteiger partial charge < -0.3 is 9.64 Å². The highest BCUT2D eigenvalue weighted by Crippen LogP contribution is 2.26. The molecule has 90 valence electrons. The SMILES string of the molecule is Cc1ccc(Cl)c(OC(=O)N2CCC(=O)C2)c1. The van der Waals surface area contributed by atoms with E-state index in [1.165, 1.54) is 4.90 Å². The van der Waals surface area contributed by atoms with Crippen molar-refractivity contribution in [2.45, 2.75) is 13.3 Å². The molecule has 2 rings (SSSR count). The van der Waals surface area contributed by atoms with Crippen LogP contribution in [0, 0.1) is 6.92 Å². The average Bonchev–Trinajstić information content (AvgIpc) is 2.70. The molecule has 1 aromatic carbocycles. The Morgan fingerprint density at radius 2 is 2.24 bits per heavy atom. The number of hydrogen-bond acceptors (Lipinski definition) is 3. The molecule has 1 heterocycles. The van der Waals surface area contributed by atoms with Crippen molar-refractivity contribution in [1.82, 2.24) is 4.90 Å². The Kier molecular flexibility index (Phi) is 3.33. The number of Topliss-reactive ketones (excluding diaryl/α,β-unsaturated/α-hetero) is 1. The largest absolute Gasteiger partial charge is 0.415 e. The number of ketones is 1. The molecule has 0 N–H and O–H groups in total. The monoisotopic (exact) mass is 253 g/mol. The van der Waals surface area contributed by atoms with Crippen LogP contribution in [0.4, 0.5) is 4.79 Å². The van der Waals surface area contributed by atoms with Gasteiger partial charge in [0, 0.05) is 13.0 Å². The zero-order valence-corrected chi connectivity index (χ0v) is 10.2. The van der Waals surface area contributed by atoms with Crippen LogP contribution in [0.25, 0.3) is 0 Å². The molecule has 1 amide bonds. The van der Waals surface area contributed by atoms with Gasteiger partial charge in [-0.25, -0.2) is 4.79 Å². The van der Waals surface area contributed by atoms with Crippen molar-refractivity contribution in [3.05, 3.63) is 28.8 Å². The summed E-state index contributed by atoms with van der Waals surface area (Å²) in [4.78, 5) is 24.1. The second kappa shape index (κ2) is 4.75. The van der Waals surface area contributed by atoms with E-state index in [0.29, 0.717) is 23.7 Å².